The van der Waals surface area contributed by atoms with Gasteiger partial charge in [0.25, 0.3) is 5.91 Å². The van der Waals surface area contributed by atoms with Crippen LogP contribution in [0.4, 0.5) is 23.4 Å². The van der Waals surface area contributed by atoms with Crippen molar-refractivity contribution in [2.45, 2.75) is 12.7 Å². The normalized spacial score (nSPS) is 11.4. The second-order valence-corrected chi connectivity index (χ2v) is 5.49. The molecule has 0 atom stereocenters. The fourth-order valence-corrected chi connectivity index (χ4v) is 2.45. The third kappa shape index (κ3) is 3.90. The van der Waals surface area contributed by atoms with E-state index in [4.69, 9.17) is 0 Å². The van der Waals surface area contributed by atoms with Gasteiger partial charge in [0.2, 0.25) is 0 Å². The molecule has 1 N–H and O–H groups in total. The predicted molar refractivity (Wildman–Crippen MR) is 87.1 cm³/mol. The summed E-state index contributed by atoms with van der Waals surface area (Å²) in [7, 11) is 0. The minimum absolute atomic E-state index is 0.0510. The van der Waals surface area contributed by atoms with Crippen LogP contribution in [0.1, 0.15) is 21.5 Å². The van der Waals surface area contributed by atoms with E-state index in [1.54, 1.807) is 0 Å². The van der Waals surface area contributed by atoms with Gasteiger partial charge in [-0.25, -0.2) is 4.39 Å². The summed E-state index contributed by atoms with van der Waals surface area (Å²) in [6.07, 6.45) is -3.03. The van der Waals surface area contributed by atoms with Crippen molar-refractivity contribution < 1.29 is 22.4 Å². The lowest BCUT2D eigenvalue weighted by molar-refractivity contribution is -0.138. The molecule has 1 aromatic heterocycles. The van der Waals surface area contributed by atoms with Crippen molar-refractivity contribution in [3.63, 3.8) is 0 Å². The molecule has 0 fully saturated rings. The third-order valence-electron chi connectivity index (χ3n) is 3.66. The molecule has 134 valence electrons. The van der Waals surface area contributed by atoms with Crippen LogP contribution in [0, 0.1) is 5.82 Å². The lowest BCUT2D eigenvalue weighted by Gasteiger charge is -2.12. The number of halogens is 4. The first-order valence-corrected chi connectivity index (χ1v) is 7.59. The summed E-state index contributed by atoms with van der Waals surface area (Å²) in [5.74, 6) is -1.25. The number of aromatic nitrogens is 2. The van der Waals surface area contributed by atoms with Gasteiger partial charge in [-0.05, 0) is 23.8 Å². The predicted octanol–water partition coefficient (Wildman–Crippen LogP) is 4.34. The van der Waals surface area contributed by atoms with Gasteiger partial charge in [0, 0.05) is 12.3 Å². The van der Waals surface area contributed by atoms with Gasteiger partial charge in [0.05, 0.1) is 17.7 Å². The van der Waals surface area contributed by atoms with Crippen LogP contribution in [0.15, 0.2) is 60.8 Å². The van der Waals surface area contributed by atoms with E-state index in [1.165, 1.54) is 53.3 Å². The smallest absolute Gasteiger partial charge is 0.305 e. The Morgan fingerprint density at radius 3 is 2.46 bits per heavy atom. The van der Waals surface area contributed by atoms with Crippen LogP contribution in [0.3, 0.4) is 0 Å². The van der Waals surface area contributed by atoms with Gasteiger partial charge in [-0.15, -0.1) is 0 Å². The van der Waals surface area contributed by atoms with Gasteiger partial charge in [0.15, 0.2) is 5.82 Å². The van der Waals surface area contributed by atoms with Crippen molar-refractivity contribution in [1.82, 2.24) is 9.78 Å². The Labute approximate surface area is 146 Å². The molecule has 0 aliphatic rings. The molecule has 0 unspecified atom stereocenters. The van der Waals surface area contributed by atoms with Crippen molar-refractivity contribution in [3.8, 4) is 0 Å². The zero-order valence-corrected chi connectivity index (χ0v) is 13.3. The fourth-order valence-electron chi connectivity index (χ4n) is 2.45. The number of anilines is 1. The second kappa shape index (κ2) is 6.99. The summed E-state index contributed by atoms with van der Waals surface area (Å²) in [6.45, 7) is -0.120. The summed E-state index contributed by atoms with van der Waals surface area (Å²) in [4.78, 5) is 12.0. The topological polar surface area (TPSA) is 46.9 Å². The molecular formula is C18H13F4N3O. The van der Waals surface area contributed by atoms with Gasteiger partial charge >= 0.3 is 6.18 Å². The fraction of sp³-hybridized carbons (Fsp3) is 0.111. The molecule has 4 nitrogen and oxygen atoms in total. The molecule has 3 aromatic rings. The van der Waals surface area contributed by atoms with E-state index in [-0.39, 0.29) is 23.5 Å². The quantitative estimate of drug-likeness (QED) is 0.701. The maximum absolute atomic E-state index is 13.6. The van der Waals surface area contributed by atoms with Crippen LogP contribution >= 0.6 is 0 Å². The zero-order valence-electron chi connectivity index (χ0n) is 13.3. The highest BCUT2D eigenvalue weighted by atomic mass is 19.4. The minimum atomic E-state index is -4.47. The Morgan fingerprint density at radius 2 is 1.73 bits per heavy atom. The Balaban J connectivity index is 1.75. The number of carbonyl (C=O) groups is 1. The zero-order chi connectivity index (χ0) is 18.7. The largest absolute Gasteiger partial charge is 0.416 e. The van der Waals surface area contributed by atoms with Crippen molar-refractivity contribution in [2.24, 2.45) is 0 Å². The molecular weight excluding hydrogens is 350 g/mol. The highest BCUT2D eigenvalue weighted by molar-refractivity contribution is 6.03. The van der Waals surface area contributed by atoms with Crippen LogP contribution in [0.2, 0.25) is 0 Å². The Bertz CT molecular complexity index is 934. The summed E-state index contributed by atoms with van der Waals surface area (Å²) < 4.78 is 54.0. The molecule has 2 aromatic carbocycles. The van der Waals surface area contributed by atoms with Crippen molar-refractivity contribution in [2.75, 3.05) is 5.32 Å². The first-order chi connectivity index (χ1) is 12.3. The number of nitrogens with zero attached hydrogens (tertiary/aromatic N) is 2. The average molecular weight is 363 g/mol. The number of hydrogen-bond acceptors (Lipinski definition) is 2. The first kappa shape index (κ1) is 17.7. The van der Waals surface area contributed by atoms with Gasteiger partial charge in [-0.3, -0.25) is 9.48 Å². The molecule has 0 saturated carbocycles. The van der Waals surface area contributed by atoms with Crippen LogP contribution in [0.25, 0.3) is 0 Å². The number of carbonyl (C=O) groups excluding carboxylic acids is 1. The number of rotatable bonds is 4. The van der Waals surface area contributed by atoms with Gasteiger partial charge in [0.1, 0.15) is 5.82 Å². The van der Waals surface area contributed by atoms with Crippen LogP contribution in [0.5, 0.6) is 0 Å². The molecule has 0 saturated heterocycles. The lowest BCUT2D eigenvalue weighted by Crippen LogP contribution is -2.15. The molecule has 0 radical (unpaired) electrons. The monoisotopic (exact) mass is 363 g/mol. The molecule has 26 heavy (non-hydrogen) atoms. The Hall–Kier alpha value is -3.16. The highest BCUT2D eigenvalue weighted by Gasteiger charge is 2.32. The van der Waals surface area contributed by atoms with E-state index in [1.807, 2.05) is 0 Å². The molecule has 1 heterocycles. The number of alkyl halides is 3. The summed E-state index contributed by atoms with van der Waals surface area (Å²) in [5, 5.41) is 6.44. The third-order valence-corrected chi connectivity index (χ3v) is 3.66. The number of benzene rings is 2. The highest BCUT2D eigenvalue weighted by Crippen LogP contribution is 2.32. The molecule has 8 heteroatoms. The molecule has 0 aliphatic heterocycles. The summed E-state index contributed by atoms with van der Waals surface area (Å²) >= 11 is 0. The number of hydrogen-bond donors (Lipinski definition) is 1. The SMILES string of the molecule is O=C(Nc1ccn(Cc2ccccc2C(F)(F)F)n1)c1ccccc1F. The molecule has 3 rings (SSSR count). The molecule has 0 bridgehead atoms. The van der Waals surface area contributed by atoms with E-state index >= 15 is 0 Å². The lowest BCUT2D eigenvalue weighted by atomic mass is 10.1. The molecule has 0 aliphatic carbocycles. The number of nitrogens with one attached hydrogen (secondary N) is 1. The maximum Gasteiger partial charge on any atom is 0.416 e. The van der Waals surface area contributed by atoms with Gasteiger partial charge < -0.3 is 5.32 Å². The van der Waals surface area contributed by atoms with E-state index in [9.17, 15) is 22.4 Å². The van der Waals surface area contributed by atoms with Crippen molar-refractivity contribution >= 4 is 11.7 Å². The average Bonchev–Trinajstić information content (AvgIpc) is 3.01. The second-order valence-electron chi connectivity index (χ2n) is 5.49. The van der Waals surface area contributed by atoms with E-state index < -0.39 is 23.5 Å². The van der Waals surface area contributed by atoms with Crippen molar-refractivity contribution in [1.29, 1.82) is 0 Å². The number of amides is 1. The van der Waals surface area contributed by atoms with Crippen LogP contribution in [-0.2, 0) is 12.7 Å². The molecule has 1 amide bonds. The van der Waals surface area contributed by atoms with Gasteiger partial charge in [-0.2, -0.15) is 18.3 Å². The van der Waals surface area contributed by atoms with E-state index in [0.29, 0.717) is 0 Å². The summed E-state index contributed by atoms with van der Waals surface area (Å²) in [5.41, 5.74) is -0.841. The minimum Gasteiger partial charge on any atom is -0.305 e. The standard InChI is InChI=1S/C18H13F4N3O/c19-15-8-4-2-6-13(15)17(26)23-16-9-10-25(24-16)11-12-5-1-3-7-14(12)18(20,21)22/h1-10H,11H2,(H,23,24,26). The van der Waals surface area contributed by atoms with Gasteiger partial charge in [-0.1, -0.05) is 30.3 Å². The van der Waals surface area contributed by atoms with Crippen LogP contribution < -0.4 is 5.32 Å². The van der Waals surface area contributed by atoms with E-state index in [0.717, 1.165) is 12.1 Å². The first-order valence-electron chi connectivity index (χ1n) is 7.59. The van der Waals surface area contributed by atoms with Crippen LogP contribution in [-0.4, -0.2) is 15.7 Å². The van der Waals surface area contributed by atoms with E-state index in [2.05, 4.69) is 10.4 Å². The molecule has 0 spiro atoms. The maximum atomic E-state index is 13.6. The van der Waals surface area contributed by atoms with Crippen molar-refractivity contribution in [3.05, 3.63) is 83.3 Å². The Kier molecular flexibility index (Phi) is 4.75. The Morgan fingerprint density at radius 1 is 1.04 bits per heavy atom. The summed E-state index contributed by atoms with van der Waals surface area (Å²) in [6, 6.07) is 12.1.